The Balaban J connectivity index is 2.88. The first-order chi connectivity index (χ1) is 9.31. The molecule has 1 N–H and O–H groups in total. The van der Waals surface area contributed by atoms with Gasteiger partial charge >= 0.3 is 0 Å². The van der Waals surface area contributed by atoms with E-state index in [9.17, 15) is 8.42 Å². The van der Waals surface area contributed by atoms with Crippen LogP contribution in [0, 0.1) is 0 Å². The fourth-order valence-electron chi connectivity index (χ4n) is 1.90. The molecule has 1 atom stereocenters. The maximum atomic E-state index is 12.2. The third-order valence-corrected chi connectivity index (χ3v) is 4.65. The Bertz CT molecular complexity index is 506. The summed E-state index contributed by atoms with van der Waals surface area (Å²) in [6.45, 7) is 5.81. The summed E-state index contributed by atoms with van der Waals surface area (Å²) in [5, 5.41) is 0. The van der Waals surface area contributed by atoms with Crippen molar-refractivity contribution in [1.29, 1.82) is 0 Å². The Morgan fingerprint density at radius 2 is 1.50 bits per heavy atom. The molecule has 0 radical (unpaired) electrons. The van der Waals surface area contributed by atoms with Gasteiger partial charge in [0.15, 0.2) is 6.29 Å². The molecule has 1 unspecified atom stereocenters. The van der Waals surface area contributed by atoms with Gasteiger partial charge in [0.2, 0.25) is 10.0 Å². The number of hydrogen-bond donors (Lipinski definition) is 1. The molecule has 5 nitrogen and oxygen atoms in total. The molecule has 114 valence electrons. The predicted molar refractivity (Wildman–Crippen MR) is 78.1 cm³/mol. The van der Waals surface area contributed by atoms with E-state index < -0.39 is 22.4 Å². The molecule has 0 aliphatic carbocycles. The van der Waals surface area contributed by atoms with Gasteiger partial charge in [-0.1, -0.05) is 26.0 Å². The lowest BCUT2D eigenvalue weighted by atomic mass is 10.0. The van der Waals surface area contributed by atoms with E-state index in [2.05, 4.69) is 18.6 Å². The van der Waals surface area contributed by atoms with E-state index in [1.807, 2.05) is 12.1 Å². The standard InChI is InChI=1S/C14H23NO4S/c1-10(2)12-6-8-13(9-7-12)20(16,17)15-11(3)14(18-4)19-5/h6-11,14-15H,1-5H3. The van der Waals surface area contributed by atoms with Gasteiger partial charge in [-0.15, -0.1) is 0 Å². The lowest BCUT2D eigenvalue weighted by Gasteiger charge is -2.22. The SMILES string of the molecule is COC(OC)C(C)NS(=O)(=O)c1ccc(C(C)C)cc1. The van der Waals surface area contributed by atoms with Crippen molar-refractivity contribution >= 4 is 10.0 Å². The Labute approximate surface area is 121 Å². The van der Waals surface area contributed by atoms with Crippen molar-refractivity contribution in [2.45, 2.75) is 43.9 Å². The smallest absolute Gasteiger partial charge is 0.240 e. The first-order valence-corrected chi connectivity index (χ1v) is 7.98. The van der Waals surface area contributed by atoms with Crippen LogP contribution in [0.1, 0.15) is 32.3 Å². The minimum absolute atomic E-state index is 0.236. The molecule has 1 aromatic rings. The molecule has 0 spiro atoms. The molecule has 0 aromatic heterocycles. The molecule has 20 heavy (non-hydrogen) atoms. The van der Waals surface area contributed by atoms with Crippen LogP contribution in [-0.2, 0) is 19.5 Å². The zero-order valence-corrected chi connectivity index (χ0v) is 13.4. The monoisotopic (exact) mass is 301 g/mol. The van der Waals surface area contributed by atoms with E-state index in [1.165, 1.54) is 14.2 Å². The molecule has 0 aliphatic rings. The summed E-state index contributed by atoms with van der Waals surface area (Å²) < 4.78 is 37.1. The molecule has 0 aliphatic heterocycles. The van der Waals surface area contributed by atoms with Crippen molar-refractivity contribution in [3.8, 4) is 0 Å². The van der Waals surface area contributed by atoms with Crippen LogP contribution in [0.25, 0.3) is 0 Å². The lowest BCUT2D eigenvalue weighted by molar-refractivity contribution is -0.115. The number of ether oxygens (including phenoxy) is 2. The van der Waals surface area contributed by atoms with Crippen LogP contribution < -0.4 is 4.72 Å². The highest BCUT2D eigenvalue weighted by atomic mass is 32.2. The molecule has 0 bridgehead atoms. The Hall–Kier alpha value is -0.950. The average Bonchev–Trinajstić information content (AvgIpc) is 2.39. The third-order valence-electron chi connectivity index (χ3n) is 3.07. The largest absolute Gasteiger partial charge is 0.354 e. The van der Waals surface area contributed by atoms with E-state index in [-0.39, 0.29) is 4.90 Å². The topological polar surface area (TPSA) is 64.6 Å². The van der Waals surface area contributed by atoms with Gasteiger partial charge in [-0.2, -0.15) is 0 Å². The fourth-order valence-corrected chi connectivity index (χ4v) is 3.14. The average molecular weight is 301 g/mol. The molecule has 0 amide bonds. The summed E-state index contributed by atoms with van der Waals surface area (Å²) in [7, 11) is -0.640. The maximum Gasteiger partial charge on any atom is 0.240 e. The number of methoxy groups -OCH3 is 2. The highest BCUT2D eigenvalue weighted by Gasteiger charge is 2.23. The van der Waals surface area contributed by atoms with Crippen molar-refractivity contribution in [3.63, 3.8) is 0 Å². The van der Waals surface area contributed by atoms with Crippen molar-refractivity contribution in [3.05, 3.63) is 29.8 Å². The van der Waals surface area contributed by atoms with Crippen molar-refractivity contribution in [2.75, 3.05) is 14.2 Å². The minimum Gasteiger partial charge on any atom is -0.354 e. The van der Waals surface area contributed by atoms with Gasteiger partial charge in [0.25, 0.3) is 0 Å². The molecule has 1 rings (SSSR count). The summed E-state index contributed by atoms with van der Waals surface area (Å²) in [5.41, 5.74) is 1.10. The summed E-state index contributed by atoms with van der Waals surface area (Å²) in [4.78, 5) is 0.236. The summed E-state index contributed by atoms with van der Waals surface area (Å²) >= 11 is 0. The van der Waals surface area contributed by atoms with Crippen LogP contribution in [0.15, 0.2) is 29.2 Å². The van der Waals surface area contributed by atoms with E-state index in [0.29, 0.717) is 5.92 Å². The zero-order chi connectivity index (χ0) is 15.3. The summed E-state index contributed by atoms with van der Waals surface area (Å²) in [6, 6.07) is 6.39. The van der Waals surface area contributed by atoms with Crippen LogP contribution in [0.5, 0.6) is 0 Å². The quantitative estimate of drug-likeness (QED) is 0.783. The van der Waals surface area contributed by atoms with Crippen LogP contribution >= 0.6 is 0 Å². The minimum atomic E-state index is -3.58. The zero-order valence-electron chi connectivity index (χ0n) is 12.6. The summed E-state index contributed by atoms with van der Waals surface area (Å²) in [6.07, 6.45) is -0.625. The van der Waals surface area contributed by atoms with Crippen LogP contribution in [-0.4, -0.2) is 35.0 Å². The number of rotatable bonds is 7. The van der Waals surface area contributed by atoms with Crippen LogP contribution in [0.4, 0.5) is 0 Å². The van der Waals surface area contributed by atoms with Crippen LogP contribution in [0.2, 0.25) is 0 Å². The van der Waals surface area contributed by atoms with Crippen molar-refractivity contribution in [1.82, 2.24) is 4.72 Å². The van der Waals surface area contributed by atoms with E-state index in [0.717, 1.165) is 5.56 Å². The molecular formula is C14H23NO4S. The van der Waals surface area contributed by atoms with Gasteiger partial charge in [-0.3, -0.25) is 0 Å². The first kappa shape index (κ1) is 17.1. The van der Waals surface area contributed by atoms with E-state index in [1.54, 1.807) is 19.1 Å². The fraction of sp³-hybridized carbons (Fsp3) is 0.571. The second-order valence-electron chi connectivity index (χ2n) is 4.97. The Kier molecular flexibility index (Phi) is 6.13. The number of nitrogens with one attached hydrogen (secondary N) is 1. The highest BCUT2D eigenvalue weighted by Crippen LogP contribution is 2.17. The normalized spacial score (nSPS) is 13.9. The Morgan fingerprint density at radius 3 is 1.90 bits per heavy atom. The van der Waals surface area contributed by atoms with Gasteiger partial charge in [-0.25, -0.2) is 13.1 Å². The second kappa shape index (κ2) is 7.17. The lowest BCUT2D eigenvalue weighted by Crippen LogP contribution is -2.42. The summed E-state index contributed by atoms with van der Waals surface area (Å²) in [5.74, 6) is 0.366. The van der Waals surface area contributed by atoms with E-state index >= 15 is 0 Å². The van der Waals surface area contributed by atoms with Crippen molar-refractivity contribution in [2.24, 2.45) is 0 Å². The number of benzene rings is 1. The molecular weight excluding hydrogens is 278 g/mol. The molecule has 0 fully saturated rings. The predicted octanol–water partition coefficient (Wildman–Crippen LogP) is 2.10. The van der Waals surface area contributed by atoms with Gasteiger partial charge in [0.05, 0.1) is 10.9 Å². The van der Waals surface area contributed by atoms with Gasteiger partial charge in [-0.05, 0) is 30.5 Å². The van der Waals surface area contributed by atoms with Gasteiger partial charge in [0, 0.05) is 14.2 Å². The van der Waals surface area contributed by atoms with Gasteiger partial charge in [0.1, 0.15) is 0 Å². The molecule has 6 heteroatoms. The van der Waals surface area contributed by atoms with E-state index in [4.69, 9.17) is 9.47 Å². The number of hydrogen-bond acceptors (Lipinski definition) is 4. The molecule has 0 saturated heterocycles. The molecule has 1 aromatic carbocycles. The van der Waals surface area contributed by atoms with Gasteiger partial charge < -0.3 is 9.47 Å². The molecule has 0 saturated carbocycles. The maximum absolute atomic E-state index is 12.2. The highest BCUT2D eigenvalue weighted by molar-refractivity contribution is 7.89. The Morgan fingerprint density at radius 1 is 1.00 bits per heavy atom. The van der Waals surface area contributed by atoms with Crippen LogP contribution in [0.3, 0.4) is 0 Å². The van der Waals surface area contributed by atoms with Crippen molar-refractivity contribution < 1.29 is 17.9 Å². The third kappa shape index (κ3) is 4.28. The number of sulfonamides is 1. The molecule has 0 heterocycles. The first-order valence-electron chi connectivity index (χ1n) is 6.49. The second-order valence-corrected chi connectivity index (χ2v) is 6.69.